The molecule has 35 heteroatoms. The molecule has 0 N–H and O–H groups in total. The van der Waals surface area contributed by atoms with Gasteiger partial charge in [-0.3, -0.25) is 9.36 Å². The van der Waals surface area contributed by atoms with E-state index in [2.05, 4.69) is 138 Å². The van der Waals surface area contributed by atoms with Crippen molar-refractivity contribution in [2.24, 2.45) is 7.05 Å². The summed E-state index contributed by atoms with van der Waals surface area (Å²) in [6, 6.07) is 3.84. The summed E-state index contributed by atoms with van der Waals surface area (Å²) in [6.07, 6.45) is -11.8. The molecule has 21 nitrogen and oxygen atoms in total. The second kappa shape index (κ2) is 29.5. The van der Waals surface area contributed by atoms with Crippen LogP contribution < -0.4 is 0 Å². The van der Waals surface area contributed by atoms with Crippen molar-refractivity contribution in [3.05, 3.63) is 123 Å². The van der Waals surface area contributed by atoms with Gasteiger partial charge in [0.2, 0.25) is 23.4 Å². The molecule has 0 saturated heterocycles. The maximum Gasteiger partial charge on any atom is 0.534 e. The summed E-state index contributed by atoms with van der Waals surface area (Å²) >= 11 is 5.20. The molecule has 8 rings (SSSR count). The van der Waals surface area contributed by atoms with Crippen LogP contribution in [0.25, 0.3) is 4.85 Å². The van der Waals surface area contributed by atoms with Crippen LogP contribution in [-0.4, -0.2) is 76.6 Å². The van der Waals surface area contributed by atoms with E-state index in [9.17, 15) is 52.7 Å². The van der Waals surface area contributed by atoms with Crippen molar-refractivity contribution in [2.45, 2.75) is 138 Å². The highest BCUT2D eigenvalue weighted by molar-refractivity contribution is 7.94. The van der Waals surface area contributed by atoms with E-state index in [0.717, 1.165) is 36.0 Å². The maximum atomic E-state index is 11.9. The number of rotatable bonds is 2. The van der Waals surface area contributed by atoms with Crippen molar-refractivity contribution in [1.82, 2.24) is 70.2 Å². The summed E-state index contributed by atoms with van der Waals surface area (Å²) in [6.45, 7) is 32.4. The number of nitrogens with zero attached hydrogens (tertiary/aromatic N) is 15. The smallest absolute Gasteiger partial charge is 0.448 e. The minimum absolute atomic E-state index is 0.00231. The van der Waals surface area contributed by atoms with Gasteiger partial charge in [0.1, 0.15) is 5.76 Å². The minimum atomic E-state index is -4.70. The lowest BCUT2D eigenvalue weighted by Gasteiger charge is -2.18. The van der Waals surface area contributed by atoms with Crippen LogP contribution in [-0.2, 0) is 40.8 Å². The molecule has 78 heavy (non-hydrogen) atoms. The summed E-state index contributed by atoms with van der Waals surface area (Å²) in [5.74, 6) is 0.999. The van der Waals surface area contributed by atoms with E-state index in [1.165, 1.54) is 31.1 Å². The lowest BCUT2D eigenvalue weighted by Crippen LogP contribution is -2.21. The van der Waals surface area contributed by atoms with Gasteiger partial charge in [0.15, 0.2) is 5.69 Å². The molecule has 0 atom stereocenters. The molecule has 0 aliphatic heterocycles. The fourth-order valence-electron chi connectivity index (χ4n) is 4.24. The zero-order chi connectivity index (χ0) is 60.2. The summed E-state index contributed by atoms with van der Waals surface area (Å²) in [5, 5.41) is 37.5. The van der Waals surface area contributed by atoms with Gasteiger partial charge in [0, 0.05) is 68.6 Å². The molecule has 0 saturated carbocycles. The SMILES string of the molecule is Cc1cc(C(C)(C)C)on1.Cc1cc(C(F)(F)F)nn1C.Cc1cc(C(F)(F)F)on1.Cc1cnn(C(C)(C)C)c1.Cc1cnn(C(F)(F)F)c1.Cc1nnc(Cl)o1.Cc1nnc(SOC(F)(F)F)o1.[C-]#[N+]c1nnc(C)o1. The number of hydrogen-bond acceptors (Lipinski definition) is 18. The van der Waals surface area contributed by atoms with Gasteiger partial charge < -0.3 is 27.1 Å². The van der Waals surface area contributed by atoms with Crippen LogP contribution in [0.5, 0.6) is 0 Å². The fraction of sp³-hybridized carbons (Fsp3) is 0.488. The van der Waals surface area contributed by atoms with Crippen LogP contribution >= 0.6 is 23.6 Å². The average Bonchev–Trinajstić information content (AvgIpc) is 4.15. The van der Waals surface area contributed by atoms with E-state index in [4.69, 9.17) is 22.7 Å². The molecular formula is C43H52ClF12N15O6S. The molecule has 8 aromatic heterocycles. The summed E-state index contributed by atoms with van der Waals surface area (Å²) in [7, 11) is 1.48. The molecule has 0 aliphatic rings. The first-order valence-electron chi connectivity index (χ1n) is 21.5. The van der Waals surface area contributed by atoms with E-state index in [-0.39, 0.29) is 55.9 Å². The molecular weight excluding hydrogens is 1120 g/mol. The molecule has 0 unspecified atom stereocenters. The first-order chi connectivity index (χ1) is 35.5. The Balaban J connectivity index is 0.000000447. The number of aromatic nitrogens is 14. The van der Waals surface area contributed by atoms with Gasteiger partial charge in [-0.25, -0.2) is 4.18 Å². The van der Waals surface area contributed by atoms with Crippen molar-refractivity contribution >= 4 is 29.7 Å². The molecule has 0 aliphatic carbocycles. The first kappa shape index (κ1) is 68.7. The van der Waals surface area contributed by atoms with Crippen LogP contribution in [0.1, 0.15) is 105 Å². The van der Waals surface area contributed by atoms with Crippen LogP contribution in [0, 0.1) is 62.0 Å². The standard InChI is InChI=1S/C8H14N2.C8H13NO.C6H7F3N2.C5H5F3N2.C5H4F3NO.C4H3F3N2O2S.C4H3N3O.C3H3ClN2O/c1-7-5-9-10(6-7)8(2,3)4;1-6-5-7(10-9-6)8(2,3)4;1-4-3-5(6(7,8)9)10-11(4)2;1-4-2-9-10(3-4)5(6,7)8;1-3-2-4(10-9-3)5(6,7)8;1-2-8-9-3(10-2)12-11-4(5,6)7;1-3-6-7-4(5-2)8-3;1-2-5-6-3(4)7-2/h5-6H,1-4H3;5H,1-4H3;3H,1-2H3;2-3H,1H3;2H,1H3;1H3;1H3;1H3. The van der Waals surface area contributed by atoms with E-state index >= 15 is 0 Å². The summed E-state index contributed by atoms with van der Waals surface area (Å²) < 4.78 is 169. The van der Waals surface area contributed by atoms with Crippen LogP contribution in [0.15, 0.2) is 70.5 Å². The van der Waals surface area contributed by atoms with Gasteiger partial charge in [0.05, 0.1) is 41.4 Å². The Morgan fingerprint density at radius 2 is 1.08 bits per heavy atom. The third-order valence-corrected chi connectivity index (χ3v) is 8.61. The zero-order valence-corrected chi connectivity index (χ0v) is 45.6. The minimum Gasteiger partial charge on any atom is -0.448 e. The van der Waals surface area contributed by atoms with Gasteiger partial charge in [-0.2, -0.15) is 46.3 Å². The second-order valence-electron chi connectivity index (χ2n) is 17.3. The van der Waals surface area contributed by atoms with Gasteiger partial charge in [0.25, 0.3) is 0 Å². The predicted octanol–water partition coefficient (Wildman–Crippen LogP) is 13.5. The highest BCUT2D eigenvalue weighted by Crippen LogP contribution is 2.30. The highest BCUT2D eigenvalue weighted by atomic mass is 35.5. The highest BCUT2D eigenvalue weighted by Gasteiger charge is 2.36. The Kier molecular flexibility index (Phi) is 26.0. The fourth-order valence-corrected chi connectivity index (χ4v) is 4.79. The summed E-state index contributed by atoms with van der Waals surface area (Å²) in [5.41, 5.74) is 2.76. The van der Waals surface area contributed by atoms with Crippen LogP contribution in [0.4, 0.5) is 58.7 Å². The molecule has 0 amide bonds. The Hall–Kier alpha value is -7.28. The number of alkyl halides is 12. The average molecular weight is 1170 g/mol. The van der Waals surface area contributed by atoms with Crippen molar-refractivity contribution in [1.29, 1.82) is 0 Å². The molecule has 0 aromatic carbocycles. The largest absolute Gasteiger partial charge is 0.534 e. The quantitative estimate of drug-likeness (QED) is 0.0888. The molecule has 432 valence electrons. The first-order valence-corrected chi connectivity index (χ1v) is 22.6. The van der Waals surface area contributed by atoms with Crippen molar-refractivity contribution in [3.8, 4) is 0 Å². The lowest BCUT2D eigenvalue weighted by molar-refractivity contribution is -0.267. The normalized spacial score (nSPS) is 11.4. The molecule has 0 radical (unpaired) electrons. The van der Waals surface area contributed by atoms with Gasteiger partial charge in [-0.05, 0) is 89.3 Å². The lowest BCUT2D eigenvalue weighted by atomic mass is 9.93. The Morgan fingerprint density at radius 3 is 1.28 bits per heavy atom. The Labute approximate surface area is 446 Å². The Morgan fingerprint density at radius 1 is 0.603 bits per heavy atom. The molecule has 0 spiro atoms. The monoisotopic (exact) mass is 1170 g/mol. The van der Waals surface area contributed by atoms with E-state index in [1.54, 1.807) is 27.7 Å². The number of halogens is 13. The zero-order valence-electron chi connectivity index (χ0n) is 44.0. The summed E-state index contributed by atoms with van der Waals surface area (Å²) in [4.78, 5) is 2.90. The third kappa shape index (κ3) is 28.2. The predicted molar refractivity (Wildman–Crippen MR) is 251 cm³/mol. The van der Waals surface area contributed by atoms with Crippen molar-refractivity contribution in [3.63, 3.8) is 0 Å². The van der Waals surface area contributed by atoms with Gasteiger partial charge in [-0.1, -0.05) is 47.9 Å². The molecule has 0 bridgehead atoms. The van der Waals surface area contributed by atoms with E-state index < -0.39 is 36.5 Å². The molecule has 8 heterocycles. The number of hydrogen-bond donors (Lipinski definition) is 0. The van der Waals surface area contributed by atoms with E-state index in [0.29, 0.717) is 23.0 Å². The van der Waals surface area contributed by atoms with E-state index in [1.807, 2.05) is 23.9 Å². The second-order valence-corrected chi connectivity index (χ2v) is 18.3. The Bertz CT molecular complexity index is 2780. The molecule has 8 aromatic rings. The van der Waals surface area contributed by atoms with Gasteiger partial charge >= 0.3 is 41.6 Å². The topological polar surface area (TPSA) is 236 Å². The van der Waals surface area contributed by atoms with Crippen molar-refractivity contribution in [2.75, 3.05) is 0 Å². The molecule has 0 fully saturated rings. The third-order valence-electron chi connectivity index (χ3n) is 7.88. The number of aryl methyl sites for hydroxylation is 9. The van der Waals surface area contributed by atoms with Crippen LogP contribution in [0.2, 0.25) is 5.35 Å². The van der Waals surface area contributed by atoms with Crippen molar-refractivity contribution < 1.29 is 79.2 Å². The van der Waals surface area contributed by atoms with Gasteiger partial charge in [-0.15, -0.1) is 36.5 Å². The maximum absolute atomic E-state index is 11.9. The van der Waals surface area contributed by atoms with Crippen LogP contribution in [0.3, 0.4) is 0 Å².